The molecule has 0 fully saturated rings. The van der Waals surface area contributed by atoms with Crippen molar-refractivity contribution in [2.45, 2.75) is 13.5 Å². The SMILES string of the molecule is Cc1cc(C(=O)O)c(=O)n(Cc2ccc(Cl)c(Cl)c2)c1. The summed E-state index contributed by atoms with van der Waals surface area (Å²) in [4.78, 5) is 23.1. The van der Waals surface area contributed by atoms with Crippen molar-refractivity contribution in [1.82, 2.24) is 4.57 Å². The van der Waals surface area contributed by atoms with Gasteiger partial charge in [0, 0.05) is 6.20 Å². The highest BCUT2D eigenvalue weighted by molar-refractivity contribution is 6.42. The molecular formula is C14H11Cl2NO3. The molecule has 1 N–H and O–H groups in total. The van der Waals surface area contributed by atoms with Crippen LogP contribution < -0.4 is 5.56 Å². The lowest BCUT2D eigenvalue weighted by Gasteiger charge is -2.09. The molecule has 6 heteroatoms. The molecule has 0 spiro atoms. The minimum absolute atomic E-state index is 0.234. The molecule has 1 aromatic carbocycles. The molecular weight excluding hydrogens is 301 g/mol. The van der Waals surface area contributed by atoms with E-state index in [2.05, 4.69) is 0 Å². The molecule has 104 valence electrons. The van der Waals surface area contributed by atoms with Crippen molar-refractivity contribution in [3.8, 4) is 0 Å². The summed E-state index contributed by atoms with van der Waals surface area (Å²) in [5, 5.41) is 9.83. The molecule has 0 aliphatic heterocycles. The van der Waals surface area contributed by atoms with Gasteiger partial charge in [-0.3, -0.25) is 4.79 Å². The first kappa shape index (κ1) is 14.6. The Morgan fingerprint density at radius 3 is 2.55 bits per heavy atom. The Balaban J connectivity index is 2.45. The van der Waals surface area contributed by atoms with Gasteiger partial charge in [0.05, 0.1) is 16.6 Å². The highest BCUT2D eigenvalue weighted by Crippen LogP contribution is 2.22. The van der Waals surface area contributed by atoms with Gasteiger partial charge in [0.15, 0.2) is 0 Å². The van der Waals surface area contributed by atoms with Gasteiger partial charge in [-0.15, -0.1) is 0 Å². The molecule has 0 saturated heterocycles. The molecule has 0 unspecified atom stereocenters. The predicted molar refractivity (Wildman–Crippen MR) is 78.0 cm³/mol. The van der Waals surface area contributed by atoms with Crippen molar-refractivity contribution in [2.24, 2.45) is 0 Å². The fourth-order valence-electron chi connectivity index (χ4n) is 1.89. The van der Waals surface area contributed by atoms with Crippen LogP contribution in [0.5, 0.6) is 0 Å². The molecule has 2 rings (SSSR count). The van der Waals surface area contributed by atoms with Gasteiger partial charge in [0.1, 0.15) is 5.56 Å². The van der Waals surface area contributed by atoms with Gasteiger partial charge in [-0.25, -0.2) is 4.79 Å². The number of hydrogen-bond donors (Lipinski definition) is 1. The Bertz CT molecular complexity index is 738. The number of benzene rings is 1. The number of carboxylic acids is 1. The van der Waals surface area contributed by atoms with Crippen LogP contribution in [0.15, 0.2) is 35.3 Å². The Labute approximate surface area is 125 Å². The van der Waals surface area contributed by atoms with E-state index in [0.717, 1.165) is 5.56 Å². The minimum atomic E-state index is -1.23. The molecule has 0 saturated carbocycles. The van der Waals surface area contributed by atoms with E-state index in [1.807, 2.05) is 0 Å². The van der Waals surface area contributed by atoms with Crippen LogP contribution in [-0.2, 0) is 6.54 Å². The summed E-state index contributed by atoms with van der Waals surface area (Å²) in [6, 6.07) is 6.39. The third kappa shape index (κ3) is 3.03. The van der Waals surface area contributed by atoms with Crippen LogP contribution in [0.25, 0.3) is 0 Å². The zero-order chi connectivity index (χ0) is 14.9. The van der Waals surface area contributed by atoms with E-state index in [1.165, 1.54) is 10.6 Å². The van der Waals surface area contributed by atoms with Crippen LogP contribution in [0.4, 0.5) is 0 Å². The summed E-state index contributed by atoms with van der Waals surface area (Å²) >= 11 is 11.7. The monoisotopic (exact) mass is 311 g/mol. The highest BCUT2D eigenvalue weighted by Gasteiger charge is 2.12. The quantitative estimate of drug-likeness (QED) is 0.947. The number of carbonyl (C=O) groups is 1. The number of pyridine rings is 1. The maximum Gasteiger partial charge on any atom is 0.341 e. The number of carboxylic acid groups (broad SMARTS) is 1. The number of nitrogens with zero attached hydrogens (tertiary/aromatic N) is 1. The summed E-state index contributed by atoms with van der Waals surface area (Å²) in [5.74, 6) is -1.23. The summed E-state index contributed by atoms with van der Waals surface area (Å²) in [5.41, 5.74) is 0.671. The van der Waals surface area contributed by atoms with Crippen molar-refractivity contribution in [1.29, 1.82) is 0 Å². The Hall–Kier alpha value is -1.78. The zero-order valence-electron chi connectivity index (χ0n) is 10.6. The molecule has 0 aliphatic carbocycles. The van der Waals surface area contributed by atoms with E-state index in [-0.39, 0.29) is 12.1 Å². The van der Waals surface area contributed by atoms with Gasteiger partial charge in [0.25, 0.3) is 5.56 Å². The molecule has 1 heterocycles. The van der Waals surface area contributed by atoms with Gasteiger partial charge < -0.3 is 9.67 Å². The predicted octanol–water partition coefficient (Wildman–Crippen LogP) is 3.21. The number of halogens is 2. The van der Waals surface area contributed by atoms with E-state index >= 15 is 0 Å². The van der Waals surface area contributed by atoms with Crippen molar-refractivity contribution >= 4 is 29.2 Å². The van der Waals surface area contributed by atoms with Crippen molar-refractivity contribution in [3.63, 3.8) is 0 Å². The van der Waals surface area contributed by atoms with Crippen LogP contribution in [0.1, 0.15) is 21.5 Å². The molecule has 0 radical (unpaired) electrons. The van der Waals surface area contributed by atoms with Gasteiger partial charge in [-0.05, 0) is 36.2 Å². The molecule has 0 bridgehead atoms. The molecule has 20 heavy (non-hydrogen) atoms. The fourth-order valence-corrected chi connectivity index (χ4v) is 2.21. The topological polar surface area (TPSA) is 59.3 Å². The summed E-state index contributed by atoms with van der Waals surface area (Å²) < 4.78 is 1.35. The smallest absolute Gasteiger partial charge is 0.341 e. The molecule has 1 aromatic heterocycles. The molecule has 2 aromatic rings. The van der Waals surface area contributed by atoms with Gasteiger partial charge in [-0.1, -0.05) is 29.3 Å². The first-order valence-corrected chi connectivity index (χ1v) is 6.52. The van der Waals surface area contributed by atoms with E-state index in [0.29, 0.717) is 15.6 Å². The van der Waals surface area contributed by atoms with Gasteiger partial charge in [0.2, 0.25) is 0 Å². The number of aromatic carboxylic acids is 1. The Morgan fingerprint density at radius 2 is 1.95 bits per heavy atom. The largest absolute Gasteiger partial charge is 0.477 e. The minimum Gasteiger partial charge on any atom is -0.477 e. The highest BCUT2D eigenvalue weighted by atomic mass is 35.5. The van der Waals surface area contributed by atoms with E-state index in [1.54, 1.807) is 31.3 Å². The normalized spacial score (nSPS) is 10.6. The van der Waals surface area contributed by atoms with E-state index in [4.69, 9.17) is 28.3 Å². The second-order valence-corrected chi connectivity index (χ2v) is 5.23. The Kier molecular flexibility index (Phi) is 4.16. The fraction of sp³-hybridized carbons (Fsp3) is 0.143. The maximum absolute atomic E-state index is 12.0. The maximum atomic E-state index is 12.0. The lowest BCUT2D eigenvalue weighted by atomic mass is 10.2. The summed E-state index contributed by atoms with van der Waals surface area (Å²) in [6.07, 6.45) is 1.61. The van der Waals surface area contributed by atoms with Crippen LogP contribution in [-0.4, -0.2) is 15.6 Å². The average Bonchev–Trinajstić information content (AvgIpc) is 2.37. The van der Waals surface area contributed by atoms with Gasteiger partial charge in [-0.2, -0.15) is 0 Å². The Morgan fingerprint density at radius 1 is 1.25 bits per heavy atom. The number of hydrogen-bond acceptors (Lipinski definition) is 2. The third-order valence-electron chi connectivity index (χ3n) is 2.79. The van der Waals surface area contributed by atoms with Crippen LogP contribution in [0.2, 0.25) is 10.0 Å². The van der Waals surface area contributed by atoms with Crippen molar-refractivity contribution in [2.75, 3.05) is 0 Å². The zero-order valence-corrected chi connectivity index (χ0v) is 12.1. The standard InChI is InChI=1S/C14H11Cl2NO3/c1-8-4-10(14(19)20)13(18)17(6-8)7-9-2-3-11(15)12(16)5-9/h2-6H,7H2,1H3,(H,19,20). The molecule has 4 nitrogen and oxygen atoms in total. The van der Waals surface area contributed by atoms with Crippen LogP contribution in [0.3, 0.4) is 0 Å². The number of rotatable bonds is 3. The number of aromatic nitrogens is 1. The van der Waals surface area contributed by atoms with Crippen LogP contribution in [0, 0.1) is 6.92 Å². The van der Waals surface area contributed by atoms with Crippen molar-refractivity contribution in [3.05, 3.63) is 67.6 Å². The molecule has 0 amide bonds. The lowest BCUT2D eigenvalue weighted by molar-refractivity contribution is 0.0694. The second kappa shape index (κ2) is 5.69. The van der Waals surface area contributed by atoms with Crippen molar-refractivity contribution < 1.29 is 9.90 Å². The van der Waals surface area contributed by atoms with E-state index in [9.17, 15) is 9.59 Å². The second-order valence-electron chi connectivity index (χ2n) is 4.42. The number of aryl methyl sites for hydroxylation is 1. The average molecular weight is 312 g/mol. The first-order valence-electron chi connectivity index (χ1n) is 5.77. The van der Waals surface area contributed by atoms with E-state index < -0.39 is 11.5 Å². The first-order chi connectivity index (χ1) is 9.38. The van der Waals surface area contributed by atoms with Crippen LogP contribution >= 0.6 is 23.2 Å². The van der Waals surface area contributed by atoms with Gasteiger partial charge >= 0.3 is 5.97 Å². The summed E-state index contributed by atoms with van der Waals surface area (Å²) in [6.45, 7) is 1.97. The summed E-state index contributed by atoms with van der Waals surface area (Å²) in [7, 11) is 0. The molecule has 0 atom stereocenters. The third-order valence-corrected chi connectivity index (χ3v) is 3.53. The molecule has 0 aliphatic rings. The lowest BCUT2D eigenvalue weighted by Crippen LogP contribution is -2.26.